The Hall–Kier alpha value is -2.49. The molecule has 4 heteroatoms. The van der Waals surface area contributed by atoms with Crippen LogP contribution in [0.1, 0.15) is 21.5 Å². The molecule has 2 aromatic carbocycles. The third-order valence-electron chi connectivity index (χ3n) is 4.86. The molecular weight excluding hydrogens is 310 g/mol. The molecule has 1 saturated heterocycles. The summed E-state index contributed by atoms with van der Waals surface area (Å²) in [6, 6.07) is 14.5. The van der Waals surface area contributed by atoms with E-state index in [-0.39, 0.29) is 5.91 Å². The van der Waals surface area contributed by atoms with Gasteiger partial charge in [0.2, 0.25) is 0 Å². The van der Waals surface area contributed by atoms with E-state index in [1.165, 1.54) is 11.3 Å². The summed E-state index contributed by atoms with van der Waals surface area (Å²) in [5.41, 5.74) is 5.59. The molecule has 0 N–H and O–H groups in total. The summed E-state index contributed by atoms with van der Waals surface area (Å²) in [5, 5.41) is 0. The Bertz CT molecular complexity index is 761. The molecule has 0 radical (unpaired) electrons. The smallest absolute Gasteiger partial charge is 0.253 e. The maximum atomic E-state index is 12.8. The number of carbonyl (C=O) groups excluding carboxylic acids is 1. The highest BCUT2D eigenvalue weighted by Crippen LogP contribution is 2.22. The van der Waals surface area contributed by atoms with E-state index in [0.717, 1.165) is 43.0 Å². The van der Waals surface area contributed by atoms with Crippen molar-refractivity contribution in [3.05, 3.63) is 59.2 Å². The number of rotatable bonds is 3. The Balaban J connectivity index is 1.66. The number of amides is 1. The minimum absolute atomic E-state index is 0.136. The molecular formula is C21H27N3O. The fourth-order valence-electron chi connectivity index (χ4n) is 3.47. The molecule has 1 fully saturated rings. The van der Waals surface area contributed by atoms with Gasteiger partial charge in [0.15, 0.2) is 0 Å². The van der Waals surface area contributed by atoms with Gasteiger partial charge < -0.3 is 14.7 Å². The Kier molecular flexibility index (Phi) is 4.98. The molecule has 1 aliphatic rings. The number of aryl methyl sites for hydroxylation is 2. The highest BCUT2D eigenvalue weighted by Gasteiger charge is 2.22. The third-order valence-corrected chi connectivity index (χ3v) is 4.86. The summed E-state index contributed by atoms with van der Waals surface area (Å²) < 4.78 is 0. The molecule has 1 amide bonds. The summed E-state index contributed by atoms with van der Waals surface area (Å²) in [6.07, 6.45) is 0. The van der Waals surface area contributed by atoms with Crippen LogP contribution in [-0.4, -0.2) is 51.1 Å². The molecule has 132 valence electrons. The maximum Gasteiger partial charge on any atom is 0.253 e. The topological polar surface area (TPSA) is 26.8 Å². The van der Waals surface area contributed by atoms with Crippen molar-refractivity contribution in [1.29, 1.82) is 0 Å². The molecule has 0 spiro atoms. The zero-order valence-electron chi connectivity index (χ0n) is 15.6. The molecule has 4 nitrogen and oxygen atoms in total. The SMILES string of the molecule is Cc1cccc(N2CCN(C(=O)c3ccc(N(C)C)c(C)c3)CC2)c1. The van der Waals surface area contributed by atoms with Crippen LogP contribution in [0.3, 0.4) is 0 Å². The number of hydrogen-bond acceptors (Lipinski definition) is 3. The highest BCUT2D eigenvalue weighted by atomic mass is 16.2. The average molecular weight is 337 g/mol. The minimum atomic E-state index is 0.136. The zero-order valence-corrected chi connectivity index (χ0v) is 15.6. The Morgan fingerprint density at radius 1 is 0.960 bits per heavy atom. The molecule has 0 atom stereocenters. The largest absolute Gasteiger partial charge is 0.377 e. The van der Waals surface area contributed by atoms with Crippen molar-refractivity contribution in [2.75, 3.05) is 50.1 Å². The van der Waals surface area contributed by atoms with Crippen LogP contribution in [0.25, 0.3) is 0 Å². The summed E-state index contributed by atoms with van der Waals surface area (Å²) >= 11 is 0. The van der Waals surface area contributed by atoms with Gasteiger partial charge in [-0.3, -0.25) is 4.79 Å². The fraction of sp³-hybridized carbons (Fsp3) is 0.381. The minimum Gasteiger partial charge on any atom is -0.377 e. The summed E-state index contributed by atoms with van der Waals surface area (Å²) in [6.45, 7) is 7.46. The van der Waals surface area contributed by atoms with Crippen LogP contribution in [-0.2, 0) is 0 Å². The monoisotopic (exact) mass is 337 g/mol. The van der Waals surface area contributed by atoms with Crippen LogP contribution < -0.4 is 9.80 Å². The fourth-order valence-corrected chi connectivity index (χ4v) is 3.47. The van der Waals surface area contributed by atoms with Gasteiger partial charge in [-0.15, -0.1) is 0 Å². The summed E-state index contributed by atoms with van der Waals surface area (Å²) in [4.78, 5) is 19.2. The molecule has 0 unspecified atom stereocenters. The lowest BCUT2D eigenvalue weighted by Gasteiger charge is -2.36. The number of benzene rings is 2. The van der Waals surface area contributed by atoms with E-state index in [1.54, 1.807) is 0 Å². The van der Waals surface area contributed by atoms with E-state index in [9.17, 15) is 4.79 Å². The van der Waals surface area contributed by atoms with Crippen LogP contribution in [0.4, 0.5) is 11.4 Å². The lowest BCUT2D eigenvalue weighted by Crippen LogP contribution is -2.48. The summed E-state index contributed by atoms with van der Waals surface area (Å²) in [5.74, 6) is 0.136. The second-order valence-corrected chi connectivity index (χ2v) is 7.01. The summed E-state index contributed by atoms with van der Waals surface area (Å²) in [7, 11) is 4.04. The van der Waals surface area contributed by atoms with Gasteiger partial charge in [0.05, 0.1) is 0 Å². The maximum absolute atomic E-state index is 12.8. The lowest BCUT2D eigenvalue weighted by atomic mass is 10.1. The predicted octanol–water partition coefficient (Wildman–Crippen LogP) is 3.33. The van der Waals surface area contributed by atoms with Crippen molar-refractivity contribution < 1.29 is 4.79 Å². The Morgan fingerprint density at radius 2 is 1.68 bits per heavy atom. The van der Waals surface area contributed by atoms with Gasteiger partial charge in [0.1, 0.15) is 0 Å². The molecule has 3 rings (SSSR count). The standard InChI is InChI=1S/C21H27N3O/c1-16-6-5-7-19(14-16)23-10-12-24(13-11-23)21(25)18-8-9-20(22(3)4)17(2)15-18/h5-9,14-15H,10-13H2,1-4H3. The van der Waals surface area contributed by atoms with Gasteiger partial charge in [-0.25, -0.2) is 0 Å². The highest BCUT2D eigenvalue weighted by molar-refractivity contribution is 5.95. The Morgan fingerprint density at radius 3 is 2.28 bits per heavy atom. The van der Waals surface area contributed by atoms with Gasteiger partial charge in [-0.1, -0.05) is 12.1 Å². The zero-order chi connectivity index (χ0) is 18.0. The normalized spacial score (nSPS) is 14.6. The average Bonchev–Trinajstić information content (AvgIpc) is 2.61. The molecule has 0 saturated carbocycles. The first-order valence-corrected chi connectivity index (χ1v) is 8.84. The molecule has 1 aliphatic heterocycles. The number of carbonyl (C=O) groups is 1. The van der Waals surface area contributed by atoms with Crippen LogP contribution in [0, 0.1) is 13.8 Å². The molecule has 0 aliphatic carbocycles. The number of hydrogen-bond donors (Lipinski definition) is 0. The second kappa shape index (κ2) is 7.18. The van der Waals surface area contributed by atoms with Crippen LogP contribution in [0.2, 0.25) is 0 Å². The van der Waals surface area contributed by atoms with Crippen molar-refractivity contribution in [3.8, 4) is 0 Å². The van der Waals surface area contributed by atoms with Crippen molar-refractivity contribution in [2.45, 2.75) is 13.8 Å². The van der Waals surface area contributed by atoms with Crippen molar-refractivity contribution in [1.82, 2.24) is 4.90 Å². The quantitative estimate of drug-likeness (QED) is 0.859. The van der Waals surface area contributed by atoms with Crippen LogP contribution >= 0.6 is 0 Å². The van der Waals surface area contributed by atoms with Gasteiger partial charge in [-0.2, -0.15) is 0 Å². The van der Waals surface area contributed by atoms with E-state index < -0.39 is 0 Å². The second-order valence-electron chi connectivity index (χ2n) is 7.01. The number of nitrogens with zero attached hydrogens (tertiary/aromatic N) is 3. The van der Waals surface area contributed by atoms with E-state index in [2.05, 4.69) is 47.9 Å². The Labute approximate surface area is 150 Å². The molecule has 0 aromatic heterocycles. The van der Waals surface area contributed by atoms with Crippen molar-refractivity contribution >= 4 is 17.3 Å². The van der Waals surface area contributed by atoms with E-state index >= 15 is 0 Å². The molecule has 0 bridgehead atoms. The van der Waals surface area contributed by atoms with Crippen molar-refractivity contribution in [3.63, 3.8) is 0 Å². The van der Waals surface area contributed by atoms with Gasteiger partial charge >= 0.3 is 0 Å². The van der Waals surface area contributed by atoms with E-state index in [1.807, 2.05) is 37.2 Å². The first-order valence-electron chi connectivity index (χ1n) is 8.84. The lowest BCUT2D eigenvalue weighted by molar-refractivity contribution is 0.0746. The first-order chi connectivity index (χ1) is 12.0. The molecule has 2 aromatic rings. The molecule has 25 heavy (non-hydrogen) atoms. The van der Waals surface area contributed by atoms with Crippen LogP contribution in [0.5, 0.6) is 0 Å². The van der Waals surface area contributed by atoms with E-state index in [0.29, 0.717) is 0 Å². The van der Waals surface area contributed by atoms with Crippen LogP contribution in [0.15, 0.2) is 42.5 Å². The first kappa shape index (κ1) is 17.3. The number of piperazine rings is 1. The predicted molar refractivity (Wildman–Crippen MR) is 105 cm³/mol. The van der Waals surface area contributed by atoms with Crippen molar-refractivity contribution in [2.24, 2.45) is 0 Å². The molecule has 1 heterocycles. The third kappa shape index (κ3) is 3.78. The number of anilines is 2. The van der Waals surface area contributed by atoms with Gasteiger partial charge in [-0.05, 0) is 55.3 Å². The van der Waals surface area contributed by atoms with E-state index in [4.69, 9.17) is 0 Å². The van der Waals surface area contributed by atoms with Gasteiger partial charge in [0, 0.05) is 57.2 Å². The van der Waals surface area contributed by atoms with Gasteiger partial charge in [0.25, 0.3) is 5.91 Å².